The average Bonchev–Trinajstić information content (AvgIpc) is 2.49. The number of amides is 1. The second-order valence-electron chi connectivity index (χ2n) is 6.16. The van der Waals surface area contributed by atoms with Crippen LogP contribution in [-0.4, -0.2) is 12.0 Å². The monoisotopic (exact) mass is 311 g/mol. The van der Waals surface area contributed by atoms with Crippen molar-refractivity contribution in [3.8, 4) is 5.75 Å². The van der Waals surface area contributed by atoms with E-state index in [0.29, 0.717) is 5.75 Å². The summed E-state index contributed by atoms with van der Waals surface area (Å²) in [5, 5.41) is 3.02. The van der Waals surface area contributed by atoms with Crippen molar-refractivity contribution in [2.75, 3.05) is 0 Å². The van der Waals surface area contributed by atoms with Gasteiger partial charge in [-0.05, 0) is 57.9 Å². The second-order valence-corrected chi connectivity index (χ2v) is 6.16. The standard InChI is InChI=1S/C20H25NO2/c1-13-6-9-18(10-7-13)23-17(5)20(22)21-16(4)19-11-8-14(2)12-15(19)3/h6-12,16-17H,1-5H3,(H,21,22)/t16-,17+/m0/s1. The summed E-state index contributed by atoms with van der Waals surface area (Å²) >= 11 is 0. The zero-order chi connectivity index (χ0) is 17.0. The van der Waals surface area contributed by atoms with Gasteiger partial charge in [0.15, 0.2) is 6.10 Å². The summed E-state index contributed by atoms with van der Waals surface area (Å²) in [5.74, 6) is 0.593. The van der Waals surface area contributed by atoms with Gasteiger partial charge in [0.1, 0.15) is 5.75 Å². The Bertz CT molecular complexity index is 677. The molecule has 0 aromatic heterocycles. The summed E-state index contributed by atoms with van der Waals surface area (Å²) in [4.78, 5) is 12.3. The van der Waals surface area contributed by atoms with E-state index in [9.17, 15) is 4.79 Å². The third-order valence-electron chi connectivity index (χ3n) is 3.95. The molecule has 2 atom stereocenters. The summed E-state index contributed by atoms with van der Waals surface area (Å²) in [6, 6.07) is 13.9. The Kier molecular flexibility index (Phi) is 5.43. The minimum Gasteiger partial charge on any atom is -0.481 e. The number of carbonyl (C=O) groups excluding carboxylic acids is 1. The highest BCUT2D eigenvalue weighted by molar-refractivity contribution is 5.81. The lowest BCUT2D eigenvalue weighted by Gasteiger charge is -2.20. The molecular weight excluding hydrogens is 286 g/mol. The lowest BCUT2D eigenvalue weighted by atomic mass is 10.0. The van der Waals surface area contributed by atoms with E-state index in [4.69, 9.17) is 4.74 Å². The molecule has 0 radical (unpaired) electrons. The molecule has 2 rings (SSSR count). The summed E-state index contributed by atoms with van der Waals surface area (Å²) < 4.78 is 5.71. The Morgan fingerprint density at radius 2 is 1.57 bits per heavy atom. The van der Waals surface area contributed by atoms with Crippen molar-refractivity contribution in [3.63, 3.8) is 0 Å². The molecule has 3 nitrogen and oxygen atoms in total. The molecule has 0 bridgehead atoms. The van der Waals surface area contributed by atoms with Crippen LogP contribution in [0.3, 0.4) is 0 Å². The quantitative estimate of drug-likeness (QED) is 0.896. The molecule has 122 valence electrons. The van der Waals surface area contributed by atoms with Crippen molar-refractivity contribution in [1.29, 1.82) is 0 Å². The third kappa shape index (κ3) is 4.59. The maximum Gasteiger partial charge on any atom is 0.261 e. The molecule has 0 fully saturated rings. The molecule has 1 N–H and O–H groups in total. The van der Waals surface area contributed by atoms with Gasteiger partial charge in [0.2, 0.25) is 0 Å². The average molecular weight is 311 g/mol. The van der Waals surface area contributed by atoms with Crippen molar-refractivity contribution >= 4 is 5.91 Å². The predicted octanol–water partition coefficient (Wildman–Crippen LogP) is 4.26. The van der Waals surface area contributed by atoms with Gasteiger partial charge in [-0.25, -0.2) is 0 Å². The first-order valence-electron chi connectivity index (χ1n) is 7.97. The van der Waals surface area contributed by atoms with Crippen LogP contribution in [0, 0.1) is 20.8 Å². The Morgan fingerprint density at radius 3 is 2.17 bits per heavy atom. The number of ether oxygens (including phenoxy) is 1. The van der Waals surface area contributed by atoms with Crippen LogP contribution in [-0.2, 0) is 4.79 Å². The smallest absolute Gasteiger partial charge is 0.261 e. The molecule has 0 aliphatic rings. The van der Waals surface area contributed by atoms with Crippen LogP contribution >= 0.6 is 0 Å². The van der Waals surface area contributed by atoms with Gasteiger partial charge in [-0.1, -0.05) is 41.5 Å². The second kappa shape index (κ2) is 7.32. The highest BCUT2D eigenvalue weighted by Crippen LogP contribution is 2.19. The van der Waals surface area contributed by atoms with Crippen LogP contribution in [0.5, 0.6) is 5.75 Å². The van der Waals surface area contributed by atoms with E-state index in [0.717, 1.165) is 11.1 Å². The van der Waals surface area contributed by atoms with Crippen LogP contribution < -0.4 is 10.1 Å². The minimum absolute atomic E-state index is 0.0489. The molecule has 2 aromatic rings. The molecule has 0 saturated carbocycles. The highest BCUT2D eigenvalue weighted by atomic mass is 16.5. The maximum absolute atomic E-state index is 12.3. The van der Waals surface area contributed by atoms with Crippen molar-refractivity contribution in [1.82, 2.24) is 5.32 Å². The number of benzene rings is 2. The summed E-state index contributed by atoms with van der Waals surface area (Å²) in [6.07, 6.45) is -0.536. The Labute approximate surface area is 138 Å². The van der Waals surface area contributed by atoms with E-state index < -0.39 is 6.10 Å². The van der Waals surface area contributed by atoms with E-state index in [1.807, 2.05) is 38.1 Å². The number of carbonyl (C=O) groups is 1. The van der Waals surface area contributed by atoms with Crippen LogP contribution in [0.2, 0.25) is 0 Å². The lowest BCUT2D eigenvalue weighted by molar-refractivity contribution is -0.127. The van der Waals surface area contributed by atoms with Crippen LogP contribution in [0.1, 0.15) is 42.1 Å². The zero-order valence-electron chi connectivity index (χ0n) is 14.5. The van der Waals surface area contributed by atoms with E-state index in [2.05, 4.69) is 37.4 Å². The molecule has 2 aromatic carbocycles. The summed E-state index contributed by atoms with van der Waals surface area (Å²) in [5.41, 5.74) is 4.70. The van der Waals surface area contributed by atoms with Crippen LogP contribution in [0.25, 0.3) is 0 Å². The van der Waals surface area contributed by atoms with E-state index in [-0.39, 0.29) is 11.9 Å². The molecule has 0 unspecified atom stereocenters. The normalized spacial score (nSPS) is 13.3. The molecule has 0 heterocycles. The molecule has 0 saturated heterocycles. The van der Waals surface area contributed by atoms with Crippen molar-refractivity contribution in [2.45, 2.75) is 46.8 Å². The lowest BCUT2D eigenvalue weighted by Crippen LogP contribution is -2.37. The van der Waals surface area contributed by atoms with E-state index in [1.165, 1.54) is 11.1 Å². The number of rotatable bonds is 5. The SMILES string of the molecule is Cc1ccc(O[C@H](C)C(=O)N[C@@H](C)c2ccc(C)cc2C)cc1. The fourth-order valence-corrected chi connectivity index (χ4v) is 2.59. The summed E-state index contributed by atoms with van der Waals surface area (Å²) in [7, 11) is 0. The maximum atomic E-state index is 12.3. The number of nitrogens with one attached hydrogen (secondary N) is 1. The minimum atomic E-state index is -0.536. The number of aryl methyl sites for hydroxylation is 3. The Hall–Kier alpha value is -2.29. The third-order valence-corrected chi connectivity index (χ3v) is 3.95. The van der Waals surface area contributed by atoms with E-state index in [1.54, 1.807) is 6.92 Å². The topological polar surface area (TPSA) is 38.3 Å². The highest BCUT2D eigenvalue weighted by Gasteiger charge is 2.18. The van der Waals surface area contributed by atoms with Gasteiger partial charge < -0.3 is 10.1 Å². The molecule has 23 heavy (non-hydrogen) atoms. The fraction of sp³-hybridized carbons (Fsp3) is 0.350. The molecule has 0 spiro atoms. The molecule has 0 aliphatic heterocycles. The van der Waals surface area contributed by atoms with Gasteiger partial charge in [0.05, 0.1) is 6.04 Å². The molecule has 0 aliphatic carbocycles. The van der Waals surface area contributed by atoms with Crippen molar-refractivity contribution in [2.24, 2.45) is 0 Å². The predicted molar refractivity (Wildman–Crippen MR) is 93.7 cm³/mol. The fourth-order valence-electron chi connectivity index (χ4n) is 2.59. The molecule has 3 heteroatoms. The van der Waals surface area contributed by atoms with Gasteiger partial charge >= 0.3 is 0 Å². The Morgan fingerprint density at radius 1 is 0.957 bits per heavy atom. The first-order valence-corrected chi connectivity index (χ1v) is 7.97. The first-order chi connectivity index (χ1) is 10.9. The molecular formula is C20H25NO2. The van der Waals surface area contributed by atoms with Gasteiger partial charge in [-0.3, -0.25) is 4.79 Å². The van der Waals surface area contributed by atoms with Gasteiger partial charge in [0.25, 0.3) is 5.91 Å². The molecule has 1 amide bonds. The zero-order valence-corrected chi connectivity index (χ0v) is 14.5. The van der Waals surface area contributed by atoms with Crippen LogP contribution in [0.15, 0.2) is 42.5 Å². The van der Waals surface area contributed by atoms with Gasteiger partial charge in [0, 0.05) is 0 Å². The van der Waals surface area contributed by atoms with Gasteiger partial charge in [-0.15, -0.1) is 0 Å². The Balaban J connectivity index is 1.98. The van der Waals surface area contributed by atoms with Crippen molar-refractivity contribution < 1.29 is 9.53 Å². The largest absolute Gasteiger partial charge is 0.481 e. The number of hydrogen-bond acceptors (Lipinski definition) is 2. The van der Waals surface area contributed by atoms with Gasteiger partial charge in [-0.2, -0.15) is 0 Å². The van der Waals surface area contributed by atoms with Crippen LogP contribution in [0.4, 0.5) is 0 Å². The van der Waals surface area contributed by atoms with E-state index >= 15 is 0 Å². The summed E-state index contributed by atoms with van der Waals surface area (Å²) in [6.45, 7) is 9.91. The van der Waals surface area contributed by atoms with Crippen molar-refractivity contribution in [3.05, 3.63) is 64.7 Å². The number of hydrogen-bond donors (Lipinski definition) is 1. The first kappa shape index (κ1) is 17.1.